The third-order valence-electron chi connectivity index (χ3n) is 1.98. The Kier molecular flexibility index (Phi) is 1.80. The van der Waals surface area contributed by atoms with Crippen LogP contribution in [-0.4, -0.2) is 27.2 Å². The van der Waals surface area contributed by atoms with E-state index in [-0.39, 0.29) is 5.91 Å². The van der Waals surface area contributed by atoms with Gasteiger partial charge < -0.3 is 5.32 Å². The predicted molar refractivity (Wildman–Crippen MR) is 50.8 cm³/mol. The van der Waals surface area contributed by atoms with Gasteiger partial charge in [0.2, 0.25) is 0 Å². The zero-order chi connectivity index (χ0) is 10.2. The number of hydrogen-bond donors (Lipinski definition) is 1. The van der Waals surface area contributed by atoms with Gasteiger partial charge >= 0.3 is 0 Å². The van der Waals surface area contributed by atoms with Crippen molar-refractivity contribution < 1.29 is 4.79 Å². The molecule has 0 fully saturated rings. The molecule has 1 aromatic heterocycles. The zero-order valence-electron chi connectivity index (χ0n) is 7.98. The van der Waals surface area contributed by atoms with Crippen LogP contribution in [0.5, 0.6) is 0 Å². The number of carbonyl (C=O) groups excluding carboxylic acids is 1. The second-order valence-corrected chi connectivity index (χ2v) is 3.56. The molecule has 2 heterocycles. The first kappa shape index (κ1) is 8.80. The molecule has 0 aliphatic carbocycles. The predicted octanol–water partition coefficient (Wildman–Crippen LogP) is 0.132. The van der Waals surface area contributed by atoms with Gasteiger partial charge in [0.25, 0.3) is 5.91 Å². The quantitative estimate of drug-likeness (QED) is 0.684. The van der Waals surface area contributed by atoms with Crippen LogP contribution in [0.2, 0.25) is 0 Å². The van der Waals surface area contributed by atoms with Gasteiger partial charge in [-0.2, -0.15) is 0 Å². The Labute approximate surface area is 81.3 Å². The summed E-state index contributed by atoms with van der Waals surface area (Å²) in [5, 5.41) is 2.67. The third kappa shape index (κ3) is 1.37. The number of nitrogens with zero attached hydrogens (tertiary/aromatic N) is 3. The molecule has 0 aromatic carbocycles. The molecule has 0 bridgehead atoms. The molecule has 1 aromatic rings. The Morgan fingerprint density at radius 2 is 2.14 bits per heavy atom. The first-order chi connectivity index (χ1) is 6.59. The van der Waals surface area contributed by atoms with Crippen LogP contribution in [-0.2, 0) is 4.79 Å². The molecule has 72 valence electrons. The standard InChI is InChI=1S/C9H10N4O/c1-9(2)8(14)12-7(13-9)6-5-10-3-4-11-6/h3-5H,1-2H3,(H,12,13,14). The smallest absolute Gasteiger partial charge is 0.252 e. The number of hydrogen-bond acceptors (Lipinski definition) is 4. The molecule has 5 heteroatoms. The molecule has 0 saturated carbocycles. The van der Waals surface area contributed by atoms with Crippen LogP contribution in [0.1, 0.15) is 19.5 Å². The second kappa shape index (κ2) is 2.87. The molecule has 2 rings (SSSR count). The van der Waals surface area contributed by atoms with Crippen molar-refractivity contribution in [2.24, 2.45) is 4.99 Å². The maximum Gasteiger partial charge on any atom is 0.252 e. The Bertz CT molecular complexity index is 397. The normalized spacial score (nSPS) is 19.0. The van der Waals surface area contributed by atoms with E-state index in [0.29, 0.717) is 11.5 Å². The lowest BCUT2D eigenvalue weighted by atomic mass is 10.1. The summed E-state index contributed by atoms with van der Waals surface area (Å²) in [6.45, 7) is 3.51. The van der Waals surface area contributed by atoms with E-state index < -0.39 is 5.54 Å². The van der Waals surface area contributed by atoms with E-state index in [9.17, 15) is 4.79 Å². The van der Waals surface area contributed by atoms with Crippen molar-refractivity contribution >= 4 is 11.7 Å². The van der Waals surface area contributed by atoms with Crippen molar-refractivity contribution in [3.63, 3.8) is 0 Å². The first-order valence-electron chi connectivity index (χ1n) is 4.27. The molecule has 1 amide bonds. The van der Waals surface area contributed by atoms with Gasteiger partial charge in [0.05, 0.1) is 6.20 Å². The molecule has 1 N–H and O–H groups in total. The molecule has 0 atom stereocenters. The highest BCUT2D eigenvalue weighted by atomic mass is 16.2. The molecule has 14 heavy (non-hydrogen) atoms. The van der Waals surface area contributed by atoms with Crippen LogP contribution in [0.15, 0.2) is 23.6 Å². The number of carbonyl (C=O) groups is 1. The summed E-state index contributed by atoms with van der Waals surface area (Å²) in [5.41, 5.74) is -0.112. The monoisotopic (exact) mass is 190 g/mol. The summed E-state index contributed by atoms with van der Waals surface area (Å²) < 4.78 is 0. The fraction of sp³-hybridized carbons (Fsp3) is 0.333. The van der Waals surface area contributed by atoms with Crippen LogP contribution >= 0.6 is 0 Å². The van der Waals surface area contributed by atoms with Gasteiger partial charge in [0, 0.05) is 12.4 Å². The molecule has 0 spiro atoms. The maximum atomic E-state index is 11.4. The Morgan fingerprint density at radius 3 is 2.64 bits per heavy atom. The van der Waals surface area contributed by atoms with Crippen molar-refractivity contribution in [3.8, 4) is 0 Å². The van der Waals surface area contributed by atoms with Gasteiger partial charge in [-0.3, -0.25) is 14.8 Å². The summed E-state index contributed by atoms with van der Waals surface area (Å²) in [7, 11) is 0. The molecular formula is C9H10N4O. The largest absolute Gasteiger partial charge is 0.307 e. The lowest BCUT2D eigenvalue weighted by Crippen LogP contribution is -2.34. The summed E-state index contributed by atoms with van der Waals surface area (Å²) in [4.78, 5) is 23.6. The van der Waals surface area contributed by atoms with E-state index in [1.165, 1.54) is 0 Å². The van der Waals surface area contributed by atoms with E-state index >= 15 is 0 Å². The summed E-state index contributed by atoms with van der Waals surface area (Å²) in [5.74, 6) is 0.381. The maximum absolute atomic E-state index is 11.4. The third-order valence-corrected chi connectivity index (χ3v) is 1.98. The van der Waals surface area contributed by atoms with E-state index in [1.807, 2.05) is 0 Å². The lowest BCUT2D eigenvalue weighted by Gasteiger charge is -2.07. The van der Waals surface area contributed by atoms with Crippen LogP contribution in [0.3, 0.4) is 0 Å². The fourth-order valence-electron chi connectivity index (χ4n) is 1.16. The SMILES string of the molecule is CC1(C)N=C(c2cnccn2)NC1=O. The number of aromatic nitrogens is 2. The van der Waals surface area contributed by atoms with Crippen molar-refractivity contribution in [2.75, 3.05) is 0 Å². The van der Waals surface area contributed by atoms with E-state index in [4.69, 9.17) is 0 Å². The lowest BCUT2D eigenvalue weighted by molar-refractivity contribution is -0.122. The van der Waals surface area contributed by atoms with E-state index in [0.717, 1.165) is 0 Å². The van der Waals surface area contributed by atoms with Crippen LogP contribution in [0.25, 0.3) is 0 Å². The van der Waals surface area contributed by atoms with Crippen molar-refractivity contribution in [1.29, 1.82) is 0 Å². The number of amides is 1. The topological polar surface area (TPSA) is 67.2 Å². The number of amidine groups is 1. The van der Waals surface area contributed by atoms with Crippen molar-refractivity contribution in [2.45, 2.75) is 19.4 Å². The number of nitrogens with one attached hydrogen (secondary N) is 1. The average Bonchev–Trinajstić information content (AvgIpc) is 2.43. The summed E-state index contributed by atoms with van der Waals surface area (Å²) in [6.07, 6.45) is 4.71. The molecule has 1 aliphatic rings. The molecule has 0 unspecified atom stereocenters. The van der Waals surface area contributed by atoms with Crippen molar-refractivity contribution in [1.82, 2.24) is 15.3 Å². The van der Waals surface area contributed by atoms with E-state index in [2.05, 4.69) is 20.3 Å². The van der Waals surface area contributed by atoms with Crippen LogP contribution < -0.4 is 5.32 Å². The summed E-state index contributed by atoms with van der Waals surface area (Å²) in [6, 6.07) is 0. The first-order valence-corrected chi connectivity index (χ1v) is 4.27. The highest BCUT2D eigenvalue weighted by molar-refractivity contribution is 6.14. The van der Waals surface area contributed by atoms with E-state index in [1.54, 1.807) is 32.4 Å². The molecule has 0 radical (unpaired) electrons. The number of aliphatic imine (C=N–C) groups is 1. The van der Waals surface area contributed by atoms with Gasteiger partial charge in [-0.25, -0.2) is 4.98 Å². The average molecular weight is 190 g/mol. The highest BCUT2D eigenvalue weighted by Crippen LogP contribution is 2.16. The Balaban J connectivity index is 2.36. The van der Waals surface area contributed by atoms with Gasteiger partial charge in [0.15, 0.2) is 5.84 Å². The Hall–Kier alpha value is -1.78. The van der Waals surface area contributed by atoms with Gasteiger partial charge in [-0.15, -0.1) is 0 Å². The fourth-order valence-corrected chi connectivity index (χ4v) is 1.16. The molecule has 5 nitrogen and oxygen atoms in total. The van der Waals surface area contributed by atoms with Crippen LogP contribution in [0, 0.1) is 0 Å². The summed E-state index contributed by atoms with van der Waals surface area (Å²) >= 11 is 0. The molecule has 0 saturated heterocycles. The zero-order valence-corrected chi connectivity index (χ0v) is 7.98. The second-order valence-electron chi connectivity index (χ2n) is 3.56. The highest BCUT2D eigenvalue weighted by Gasteiger charge is 2.34. The number of rotatable bonds is 1. The molecule has 1 aliphatic heterocycles. The van der Waals surface area contributed by atoms with Gasteiger partial charge in [-0.05, 0) is 13.8 Å². The minimum atomic E-state index is -0.702. The van der Waals surface area contributed by atoms with Gasteiger partial charge in [-0.1, -0.05) is 0 Å². The molecular weight excluding hydrogens is 180 g/mol. The van der Waals surface area contributed by atoms with Crippen LogP contribution in [0.4, 0.5) is 0 Å². The Morgan fingerprint density at radius 1 is 1.36 bits per heavy atom. The van der Waals surface area contributed by atoms with Gasteiger partial charge in [0.1, 0.15) is 11.2 Å². The minimum Gasteiger partial charge on any atom is -0.307 e. The minimum absolute atomic E-state index is 0.113. The van der Waals surface area contributed by atoms with Crippen molar-refractivity contribution in [3.05, 3.63) is 24.3 Å².